The first-order chi connectivity index (χ1) is 9.13. The standard InChI is InChI=1S/C15H16N2O2/c16-11-3-1-2-9(7-11)6-10-4-5-13-12(10)8-14(17-13)15(18)19/h1-3,7-8,10,17H,4-6,16H2,(H,18,19). The largest absolute Gasteiger partial charge is 0.477 e. The fraction of sp³-hybridized carbons (Fsp3) is 0.267. The molecule has 0 saturated carbocycles. The molecule has 1 aromatic carbocycles. The zero-order valence-corrected chi connectivity index (χ0v) is 10.5. The van der Waals surface area contributed by atoms with Gasteiger partial charge in [-0.25, -0.2) is 4.79 Å². The Balaban J connectivity index is 1.84. The number of aromatic carboxylic acids is 1. The van der Waals surface area contributed by atoms with Crippen molar-refractivity contribution in [2.45, 2.75) is 25.2 Å². The first-order valence-corrected chi connectivity index (χ1v) is 6.43. The number of aromatic nitrogens is 1. The van der Waals surface area contributed by atoms with Crippen molar-refractivity contribution in [2.24, 2.45) is 0 Å². The van der Waals surface area contributed by atoms with Crippen LogP contribution in [-0.2, 0) is 12.8 Å². The molecule has 0 bridgehead atoms. The van der Waals surface area contributed by atoms with Gasteiger partial charge in [0.05, 0.1) is 0 Å². The number of nitrogens with two attached hydrogens (primary N) is 1. The monoisotopic (exact) mass is 256 g/mol. The summed E-state index contributed by atoms with van der Waals surface area (Å²) in [5.74, 6) is -0.502. The Bertz CT molecular complexity index is 631. The summed E-state index contributed by atoms with van der Waals surface area (Å²) >= 11 is 0. The maximum atomic E-state index is 11.0. The van der Waals surface area contributed by atoms with Crippen LogP contribution in [0.1, 0.15) is 39.6 Å². The summed E-state index contributed by atoms with van der Waals surface area (Å²) in [5, 5.41) is 9.01. The summed E-state index contributed by atoms with van der Waals surface area (Å²) < 4.78 is 0. The number of aryl methyl sites for hydroxylation is 1. The van der Waals surface area contributed by atoms with Crippen LogP contribution in [0.3, 0.4) is 0 Å². The molecule has 1 aromatic heterocycles. The van der Waals surface area contributed by atoms with Crippen molar-refractivity contribution in [3.8, 4) is 0 Å². The van der Waals surface area contributed by atoms with Crippen LogP contribution in [-0.4, -0.2) is 16.1 Å². The maximum absolute atomic E-state index is 11.0. The van der Waals surface area contributed by atoms with Crippen LogP contribution in [0.5, 0.6) is 0 Å². The number of hydrogen-bond donors (Lipinski definition) is 3. The average Bonchev–Trinajstić information content (AvgIpc) is 2.91. The average molecular weight is 256 g/mol. The Morgan fingerprint density at radius 2 is 2.26 bits per heavy atom. The van der Waals surface area contributed by atoms with Crippen molar-refractivity contribution < 1.29 is 9.90 Å². The molecule has 1 aliphatic rings. The van der Waals surface area contributed by atoms with E-state index < -0.39 is 5.97 Å². The van der Waals surface area contributed by atoms with E-state index in [-0.39, 0.29) is 0 Å². The lowest BCUT2D eigenvalue weighted by molar-refractivity contribution is 0.0691. The van der Waals surface area contributed by atoms with E-state index in [1.165, 1.54) is 5.56 Å². The number of nitrogen functional groups attached to an aromatic ring is 1. The summed E-state index contributed by atoms with van der Waals surface area (Å²) in [4.78, 5) is 14.0. The molecule has 0 amide bonds. The van der Waals surface area contributed by atoms with Gasteiger partial charge >= 0.3 is 5.97 Å². The molecule has 1 aliphatic carbocycles. The van der Waals surface area contributed by atoms with Gasteiger partial charge in [0.2, 0.25) is 0 Å². The number of carboxylic acids is 1. The molecule has 0 radical (unpaired) electrons. The Kier molecular flexibility index (Phi) is 2.78. The minimum Gasteiger partial charge on any atom is -0.477 e. The quantitative estimate of drug-likeness (QED) is 0.738. The number of fused-ring (bicyclic) bond motifs is 1. The molecule has 1 heterocycles. The normalized spacial score (nSPS) is 17.4. The Morgan fingerprint density at radius 1 is 1.42 bits per heavy atom. The molecule has 4 nitrogen and oxygen atoms in total. The lowest BCUT2D eigenvalue weighted by Gasteiger charge is -2.10. The second-order valence-electron chi connectivity index (χ2n) is 5.11. The third-order valence-corrected chi connectivity index (χ3v) is 3.78. The van der Waals surface area contributed by atoms with Crippen LogP contribution in [0, 0.1) is 0 Å². The number of aromatic amines is 1. The van der Waals surface area contributed by atoms with Gasteiger partial charge in [-0.2, -0.15) is 0 Å². The van der Waals surface area contributed by atoms with Crippen LogP contribution in [0.2, 0.25) is 0 Å². The van der Waals surface area contributed by atoms with E-state index >= 15 is 0 Å². The third-order valence-electron chi connectivity index (χ3n) is 3.78. The smallest absolute Gasteiger partial charge is 0.352 e. The van der Waals surface area contributed by atoms with Crippen molar-refractivity contribution in [3.05, 3.63) is 52.8 Å². The van der Waals surface area contributed by atoms with E-state index in [0.717, 1.165) is 36.2 Å². The molecular formula is C15H16N2O2. The Morgan fingerprint density at radius 3 is 3.00 bits per heavy atom. The topological polar surface area (TPSA) is 79.1 Å². The summed E-state index contributed by atoms with van der Waals surface area (Å²) in [5.41, 5.74) is 10.3. The summed E-state index contributed by atoms with van der Waals surface area (Å²) in [6.45, 7) is 0. The first kappa shape index (κ1) is 11.8. The number of hydrogen-bond acceptors (Lipinski definition) is 2. The highest BCUT2D eigenvalue weighted by Gasteiger charge is 2.26. The van der Waals surface area contributed by atoms with Gasteiger partial charge < -0.3 is 15.8 Å². The molecule has 3 rings (SSSR count). The summed E-state index contributed by atoms with van der Waals surface area (Å²) in [6, 6.07) is 9.67. The molecular weight excluding hydrogens is 240 g/mol. The lowest BCUT2D eigenvalue weighted by atomic mass is 9.94. The zero-order valence-electron chi connectivity index (χ0n) is 10.5. The van der Waals surface area contributed by atoms with Crippen molar-refractivity contribution in [1.82, 2.24) is 4.98 Å². The van der Waals surface area contributed by atoms with Gasteiger partial charge in [-0.05, 0) is 54.5 Å². The molecule has 0 saturated heterocycles. The molecule has 0 fully saturated rings. The number of carbonyl (C=O) groups is 1. The van der Waals surface area contributed by atoms with Crippen molar-refractivity contribution in [2.75, 3.05) is 5.73 Å². The van der Waals surface area contributed by atoms with E-state index in [9.17, 15) is 4.79 Å². The van der Waals surface area contributed by atoms with Crippen LogP contribution in [0.15, 0.2) is 30.3 Å². The van der Waals surface area contributed by atoms with Gasteiger partial charge in [0, 0.05) is 11.4 Å². The molecule has 0 aliphatic heterocycles. The van der Waals surface area contributed by atoms with E-state index in [2.05, 4.69) is 11.1 Å². The maximum Gasteiger partial charge on any atom is 0.352 e. The molecule has 1 unspecified atom stereocenters. The predicted octanol–water partition coefficient (Wildman–Crippen LogP) is 2.57. The van der Waals surface area contributed by atoms with Crippen LogP contribution in [0.4, 0.5) is 5.69 Å². The fourth-order valence-electron chi connectivity index (χ4n) is 2.89. The van der Waals surface area contributed by atoms with Crippen molar-refractivity contribution in [3.63, 3.8) is 0 Å². The second-order valence-corrected chi connectivity index (χ2v) is 5.11. The highest BCUT2D eigenvalue weighted by Crippen LogP contribution is 2.36. The van der Waals surface area contributed by atoms with E-state index in [1.807, 2.05) is 18.2 Å². The van der Waals surface area contributed by atoms with Crippen LogP contribution >= 0.6 is 0 Å². The van der Waals surface area contributed by atoms with Crippen LogP contribution < -0.4 is 5.73 Å². The molecule has 0 spiro atoms. The van der Waals surface area contributed by atoms with Crippen molar-refractivity contribution >= 4 is 11.7 Å². The molecule has 1 atom stereocenters. The third kappa shape index (κ3) is 2.21. The number of rotatable bonds is 3. The van der Waals surface area contributed by atoms with Crippen LogP contribution in [0.25, 0.3) is 0 Å². The van der Waals surface area contributed by atoms with Crippen molar-refractivity contribution in [1.29, 1.82) is 0 Å². The van der Waals surface area contributed by atoms with Gasteiger partial charge in [-0.15, -0.1) is 0 Å². The molecule has 4 heteroatoms. The summed E-state index contributed by atoms with van der Waals surface area (Å²) in [7, 11) is 0. The lowest BCUT2D eigenvalue weighted by Crippen LogP contribution is -2.00. The Labute approximate surface area is 111 Å². The van der Waals surface area contributed by atoms with E-state index in [0.29, 0.717) is 11.6 Å². The number of benzene rings is 1. The fourth-order valence-corrected chi connectivity index (χ4v) is 2.89. The number of carboxylic acid groups (broad SMARTS) is 1. The highest BCUT2D eigenvalue weighted by molar-refractivity contribution is 5.86. The SMILES string of the molecule is Nc1cccc(CC2CCc3[nH]c(C(=O)O)cc32)c1. The first-order valence-electron chi connectivity index (χ1n) is 6.43. The van der Waals surface area contributed by atoms with Gasteiger partial charge in [-0.3, -0.25) is 0 Å². The molecule has 4 N–H and O–H groups in total. The second kappa shape index (κ2) is 4.46. The number of H-pyrrole nitrogens is 1. The highest BCUT2D eigenvalue weighted by atomic mass is 16.4. The minimum atomic E-state index is -0.892. The zero-order chi connectivity index (χ0) is 13.4. The number of anilines is 1. The van der Waals surface area contributed by atoms with Gasteiger partial charge in [0.25, 0.3) is 0 Å². The predicted molar refractivity (Wildman–Crippen MR) is 73.4 cm³/mol. The Hall–Kier alpha value is -2.23. The summed E-state index contributed by atoms with van der Waals surface area (Å²) in [6.07, 6.45) is 2.90. The van der Waals surface area contributed by atoms with E-state index in [4.69, 9.17) is 10.8 Å². The molecule has 19 heavy (non-hydrogen) atoms. The van der Waals surface area contributed by atoms with Gasteiger partial charge in [0.1, 0.15) is 5.69 Å². The number of nitrogens with one attached hydrogen (secondary N) is 1. The van der Waals surface area contributed by atoms with Gasteiger partial charge in [0.15, 0.2) is 0 Å². The molecule has 2 aromatic rings. The molecule has 98 valence electrons. The minimum absolute atomic E-state index is 0.294. The van der Waals surface area contributed by atoms with E-state index in [1.54, 1.807) is 6.07 Å². The van der Waals surface area contributed by atoms with Gasteiger partial charge in [-0.1, -0.05) is 12.1 Å².